The Labute approximate surface area is 137 Å². The highest BCUT2D eigenvalue weighted by Crippen LogP contribution is 2.17. The van der Waals surface area contributed by atoms with Gasteiger partial charge in [0, 0.05) is 12.4 Å². The molecule has 1 aromatic carbocycles. The summed E-state index contributed by atoms with van der Waals surface area (Å²) in [5.41, 5.74) is 1.98. The number of nitrogens with zero attached hydrogens (tertiary/aromatic N) is 4. The standard InChI is InChI=1S/C15H16N6OS/c1-10(17-14(22)18-15-20-19-11(2)23-15)12-4-6-13(7-5-12)21-9-3-8-16-21/h3-10H,1-2H3,(H2,17,18,20,22). The van der Waals surface area contributed by atoms with Crippen molar-refractivity contribution >= 4 is 22.5 Å². The summed E-state index contributed by atoms with van der Waals surface area (Å²) in [6.45, 7) is 3.76. The lowest BCUT2D eigenvalue weighted by Gasteiger charge is -2.14. The van der Waals surface area contributed by atoms with Crippen LogP contribution in [-0.4, -0.2) is 26.0 Å². The Morgan fingerprint density at radius 2 is 2.04 bits per heavy atom. The Kier molecular flexibility index (Phi) is 4.33. The van der Waals surface area contributed by atoms with E-state index in [9.17, 15) is 4.79 Å². The second-order valence-electron chi connectivity index (χ2n) is 4.99. The molecule has 2 N–H and O–H groups in total. The maximum absolute atomic E-state index is 12.0. The van der Waals surface area contributed by atoms with Crippen molar-refractivity contribution in [2.24, 2.45) is 0 Å². The molecule has 2 amide bonds. The molecule has 3 aromatic rings. The third-order valence-electron chi connectivity index (χ3n) is 3.26. The first-order valence-corrected chi connectivity index (χ1v) is 7.91. The molecule has 8 heteroatoms. The molecule has 1 unspecified atom stereocenters. The normalized spacial score (nSPS) is 11.9. The van der Waals surface area contributed by atoms with E-state index in [1.54, 1.807) is 10.9 Å². The molecule has 3 rings (SSSR count). The van der Waals surface area contributed by atoms with Crippen LogP contribution in [0.25, 0.3) is 5.69 Å². The Morgan fingerprint density at radius 1 is 1.26 bits per heavy atom. The van der Waals surface area contributed by atoms with E-state index in [1.165, 1.54) is 11.3 Å². The molecule has 2 heterocycles. The summed E-state index contributed by atoms with van der Waals surface area (Å²) in [7, 11) is 0. The lowest BCUT2D eigenvalue weighted by atomic mass is 10.1. The van der Waals surface area contributed by atoms with E-state index in [0.29, 0.717) is 5.13 Å². The van der Waals surface area contributed by atoms with Crippen LogP contribution < -0.4 is 10.6 Å². The Bertz CT molecular complexity index is 781. The van der Waals surface area contributed by atoms with Gasteiger partial charge >= 0.3 is 6.03 Å². The van der Waals surface area contributed by atoms with Crippen LogP contribution in [0.5, 0.6) is 0 Å². The van der Waals surface area contributed by atoms with Gasteiger partial charge in [-0.25, -0.2) is 9.48 Å². The molecule has 7 nitrogen and oxygen atoms in total. The molecule has 0 fully saturated rings. The number of aromatic nitrogens is 4. The predicted octanol–water partition coefficient (Wildman–Crippen LogP) is 2.91. The van der Waals surface area contributed by atoms with Crippen molar-refractivity contribution in [2.45, 2.75) is 19.9 Å². The van der Waals surface area contributed by atoms with Gasteiger partial charge in [-0.1, -0.05) is 23.5 Å². The lowest BCUT2D eigenvalue weighted by molar-refractivity contribution is 0.249. The number of anilines is 1. The number of rotatable bonds is 4. The van der Waals surface area contributed by atoms with Crippen LogP contribution in [0.4, 0.5) is 9.93 Å². The Balaban J connectivity index is 1.61. The number of nitrogens with one attached hydrogen (secondary N) is 2. The number of amides is 2. The van der Waals surface area contributed by atoms with Crippen LogP contribution in [0.15, 0.2) is 42.7 Å². The first-order chi connectivity index (χ1) is 11.1. The topological polar surface area (TPSA) is 84.7 Å². The highest BCUT2D eigenvalue weighted by atomic mass is 32.1. The van der Waals surface area contributed by atoms with Crippen LogP contribution in [0, 0.1) is 6.92 Å². The zero-order valence-electron chi connectivity index (χ0n) is 12.7. The van der Waals surface area contributed by atoms with Gasteiger partial charge in [0.05, 0.1) is 11.7 Å². The van der Waals surface area contributed by atoms with Crippen molar-refractivity contribution in [1.82, 2.24) is 25.3 Å². The third-order valence-corrected chi connectivity index (χ3v) is 4.01. The molecule has 0 radical (unpaired) electrons. The maximum Gasteiger partial charge on any atom is 0.321 e. The smallest absolute Gasteiger partial charge is 0.321 e. The molecule has 0 saturated heterocycles. The van der Waals surface area contributed by atoms with Crippen LogP contribution in [0.3, 0.4) is 0 Å². The quantitative estimate of drug-likeness (QED) is 0.771. The second-order valence-corrected chi connectivity index (χ2v) is 6.17. The molecule has 0 saturated carbocycles. The number of hydrogen-bond acceptors (Lipinski definition) is 5. The number of urea groups is 1. The minimum Gasteiger partial charge on any atom is -0.331 e. The molecule has 0 aliphatic rings. The zero-order valence-corrected chi connectivity index (χ0v) is 13.5. The van der Waals surface area contributed by atoms with E-state index >= 15 is 0 Å². The summed E-state index contributed by atoms with van der Waals surface area (Å²) in [6.07, 6.45) is 3.62. The van der Waals surface area contributed by atoms with E-state index in [1.807, 2.05) is 50.4 Å². The largest absolute Gasteiger partial charge is 0.331 e. The van der Waals surface area contributed by atoms with Crippen molar-refractivity contribution in [3.63, 3.8) is 0 Å². The van der Waals surface area contributed by atoms with Gasteiger partial charge in [0.25, 0.3) is 0 Å². The molecular weight excluding hydrogens is 312 g/mol. The molecule has 0 bridgehead atoms. The van der Waals surface area contributed by atoms with Gasteiger partial charge in [-0.05, 0) is 37.6 Å². The lowest BCUT2D eigenvalue weighted by Crippen LogP contribution is -2.31. The van der Waals surface area contributed by atoms with Crippen molar-refractivity contribution in [1.29, 1.82) is 0 Å². The molecule has 0 aliphatic heterocycles. The Morgan fingerprint density at radius 3 is 2.65 bits per heavy atom. The van der Waals surface area contributed by atoms with Crippen molar-refractivity contribution < 1.29 is 4.79 Å². The fraction of sp³-hybridized carbons (Fsp3) is 0.200. The highest BCUT2D eigenvalue weighted by Gasteiger charge is 2.11. The zero-order chi connectivity index (χ0) is 16.2. The van der Waals surface area contributed by atoms with E-state index in [4.69, 9.17) is 0 Å². The molecule has 23 heavy (non-hydrogen) atoms. The number of carbonyl (C=O) groups excluding carboxylic acids is 1. The predicted molar refractivity (Wildman–Crippen MR) is 88.8 cm³/mol. The number of carbonyl (C=O) groups is 1. The van der Waals surface area contributed by atoms with Crippen molar-refractivity contribution in [3.05, 3.63) is 53.3 Å². The minimum absolute atomic E-state index is 0.129. The molecule has 0 spiro atoms. The average Bonchev–Trinajstić information content (AvgIpc) is 3.19. The average molecular weight is 328 g/mol. The van der Waals surface area contributed by atoms with Crippen LogP contribution >= 0.6 is 11.3 Å². The van der Waals surface area contributed by atoms with Gasteiger partial charge in [-0.3, -0.25) is 5.32 Å². The maximum atomic E-state index is 12.0. The van der Waals surface area contributed by atoms with Crippen molar-refractivity contribution in [2.75, 3.05) is 5.32 Å². The van der Waals surface area contributed by atoms with Crippen LogP contribution in [-0.2, 0) is 0 Å². The molecule has 118 valence electrons. The van der Waals surface area contributed by atoms with Gasteiger partial charge in [0.1, 0.15) is 5.01 Å². The van der Waals surface area contributed by atoms with Crippen LogP contribution in [0.2, 0.25) is 0 Å². The summed E-state index contributed by atoms with van der Waals surface area (Å²) in [5.74, 6) is 0. The third kappa shape index (κ3) is 3.72. The van der Waals surface area contributed by atoms with E-state index in [2.05, 4.69) is 25.9 Å². The summed E-state index contributed by atoms with van der Waals surface area (Å²) < 4.78 is 1.78. The highest BCUT2D eigenvalue weighted by molar-refractivity contribution is 7.15. The van der Waals surface area contributed by atoms with Gasteiger partial charge in [-0.2, -0.15) is 5.10 Å². The molecule has 2 aromatic heterocycles. The molecule has 1 atom stereocenters. The minimum atomic E-state index is -0.301. The first-order valence-electron chi connectivity index (χ1n) is 7.09. The summed E-state index contributed by atoms with van der Waals surface area (Å²) in [4.78, 5) is 12.0. The summed E-state index contributed by atoms with van der Waals surface area (Å²) in [6, 6.07) is 9.31. The first kappa shape index (κ1) is 15.2. The van der Waals surface area contributed by atoms with Gasteiger partial charge in [0.15, 0.2) is 0 Å². The van der Waals surface area contributed by atoms with Gasteiger partial charge in [0.2, 0.25) is 5.13 Å². The summed E-state index contributed by atoms with van der Waals surface area (Å²) >= 11 is 1.34. The SMILES string of the molecule is Cc1nnc(NC(=O)NC(C)c2ccc(-n3cccn3)cc2)s1. The fourth-order valence-electron chi connectivity index (χ4n) is 2.10. The van der Waals surface area contributed by atoms with E-state index in [0.717, 1.165) is 16.3 Å². The van der Waals surface area contributed by atoms with E-state index in [-0.39, 0.29) is 12.1 Å². The van der Waals surface area contributed by atoms with Gasteiger partial charge < -0.3 is 5.32 Å². The summed E-state index contributed by atoms with van der Waals surface area (Å²) in [5, 5.41) is 18.8. The molecular formula is C15H16N6OS. The number of aryl methyl sites for hydroxylation is 1. The number of hydrogen-bond donors (Lipinski definition) is 2. The van der Waals surface area contributed by atoms with E-state index < -0.39 is 0 Å². The van der Waals surface area contributed by atoms with Crippen LogP contribution in [0.1, 0.15) is 23.5 Å². The van der Waals surface area contributed by atoms with Gasteiger partial charge in [-0.15, -0.1) is 10.2 Å². The second kappa shape index (κ2) is 6.57. The number of benzene rings is 1. The van der Waals surface area contributed by atoms with Crippen molar-refractivity contribution in [3.8, 4) is 5.69 Å². The fourth-order valence-corrected chi connectivity index (χ4v) is 2.68. The monoisotopic (exact) mass is 328 g/mol. The molecule has 0 aliphatic carbocycles. The Hall–Kier alpha value is -2.74.